The van der Waals surface area contributed by atoms with E-state index in [0.717, 1.165) is 17.5 Å². The van der Waals surface area contributed by atoms with E-state index in [0.29, 0.717) is 44.8 Å². The highest BCUT2D eigenvalue weighted by Crippen LogP contribution is 2.29. The van der Waals surface area contributed by atoms with Crippen LogP contribution in [-0.4, -0.2) is 70.2 Å². The van der Waals surface area contributed by atoms with Gasteiger partial charge in [0.15, 0.2) is 0 Å². The van der Waals surface area contributed by atoms with Gasteiger partial charge in [-0.25, -0.2) is 0 Å². The summed E-state index contributed by atoms with van der Waals surface area (Å²) in [7, 11) is 0. The Hall–Kier alpha value is -3.15. The monoisotopic (exact) mass is 475 g/mol. The van der Waals surface area contributed by atoms with Crippen LogP contribution in [0.5, 0.6) is 0 Å². The summed E-state index contributed by atoms with van der Waals surface area (Å²) < 4.78 is 0. The number of carbonyl (C=O) groups excluding carboxylic acids is 3. The Morgan fingerprint density at radius 1 is 0.886 bits per heavy atom. The van der Waals surface area contributed by atoms with Gasteiger partial charge in [0.1, 0.15) is 12.1 Å². The average molecular weight is 476 g/mol. The SMILES string of the molecule is CC(=O)N1C[C@H]2CCN(CCC(C)C)C(=O)[C@H](Cc3ccccc3)N2C(=O)[C@@H]1Cc1ccccc1. The molecule has 6 nitrogen and oxygen atoms in total. The van der Waals surface area contributed by atoms with Crippen molar-refractivity contribution in [3.8, 4) is 0 Å². The van der Waals surface area contributed by atoms with Gasteiger partial charge in [-0.05, 0) is 29.9 Å². The number of amides is 3. The molecule has 186 valence electrons. The van der Waals surface area contributed by atoms with Gasteiger partial charge in [-0.15, -0.1) is 0 Å². The van der Waals surface area contributed by atoms with Crippen molar-refractivity contribution in [1.82, 2.24) is 14.7 Å². The van der Waals surface area contributed by atoms with Crippen LogP contribution in [0.1, 0.15) is 44.7 Å². The molecule has 0 radical (unpaired) electrons. The highest BCUT2D eigenvalue weighted by molar-refractivity contribution is 5.94. The standard InChI is InChI=1S/C29H37N3O3/c1-21(2)14-16-30-17-15-25-20-31(22(3)33)26(18-23-10-6-4-7-11-23)29(35)32(25)27(28(30)34)19-24-12-8-5-9-13-24/h4-13,21,25-27H,14-20H2,1-3H3/t25-,26+,27+/m1/s1. The molecule has 2 aliphatic rings. The van der Waals surface area contributed by atoms with Crippen LogP contribution in [0.4, 0.5) is 0 Å². The molecule has 2 heterocycles. The summed E-state index contributed by atoms with van der Waals surface area (Å²) in [5, 5.41) is 0. The first-order valence-electron chi connectivity index (χ1n) is 12.8. The molecule has 3 atom stereocenters. The van der Waals surface area contributed by atoms with E-state index in [1.807, 2.05) is 70.5 Å². The van der Waals surface area contributed by atoms with Gasteiger partial charge >= 0.3 is 0 Å². The van der Waals surface area contributed by atoms with Gasteiger partial charge in [0, 0.05) is 39.4 Å². The van der Waals surface area contributed by atoms with E-state index >= 15 is 0 Å². The van der Waals surface area contributed by atoms with Crippen molar-refractivity contribution in [3.63, 3.8) is 0 Å². The predicted molar refractivity (Wildman–Crippen MR) is 137 cm³/mol. The summed E-state index contributed by atoms with van der Waals surface area (Å²) in [6.07, 6.45) is 2.55. The second kappa shape index (κ2) is 11.1. The topological polar surface area (TPSA) is 60.9 Å². The van der Waals surface area contributed by atoms with Crippen LogP contribution in [-0.2, 0) is 27.2 Å². The lowest BCUT2D eigenvalue weighted by molar-refractivity contribution is -0.159. The Labute approximate surface area is 208 Å². The highest BCUT2D eigenvalue weighted by Gasteiger charge is 2.48. The zero-order valence-corrected chi connectivity index (χ0v) is 21.1. The normalized spacial score (nSPS) is 22.9. The van der Waals surface area contributed by atoms with Crippen molar-refractivity contribution in [1.29, 1.82) is 0 Å². The van der Waals surface area contributed by atoms with Crippen LogP contribution < -0.4 is 0 Å². The van der Waals surface area contributed by atoms with Gasteiger partial charge in [0.2, 0.25) is 17.7 Å². The molecule has 0 aromatic heterocycles. The molecular formula is C29H37N3O3. The number of nitrogens with zero attached hydrogens (tertiary/aromatic N) is 3. The van der Waals surface area contributed by atoms with E-state index in [2.05, 4.69) is 13.8 Å². The Morgan fingerprint density at radius 3 is 2.00 bits per heavy atom. The van der Waals surface area contributed by atoms with Crippen LogP contribution in [0.25, 0.3) is 0 Å². The fraction of sp³-hybridized carbons (Fsp3) is 0.483. The van der Waals surface area contributed by atoms with Crippen molar-refractivity contribution in [2.75, 3.05) is 19.6 Å². The highest BCUT2D eigenvalue weighted by atomic mass is 16.2. The van der Waals surface area contributed by atoms with E-state index in [1.54, 1.807) is 11.8 Å². The second-order valence-electron chi connectivity index (χ2n) is 10.3. The lowest BCUT2D eigenvalue weighted by atomic mass is 9.94. The number of piperazine rings is 1. The predicted octanol–water partition coefficient (Wildman–Crippen LogP) is 3.55. The zero-order valence-electron chi connectivity index (χ0n) is 21.1. The summed E-state index contributed by atoms with van der Waals surface area (Å²) >= 11 is 0. The number of carbonyl (C=O) groups is 3. The molecule has 2 aromatic rings. The first-order chi connectivity index (χ1) is 16.8. The van der Waals surface area contributed by atoms with E-state index in [4.69, 9.17) is 0 Å². The minimum atomic E-state index is -0.598. The van der Waals surface area contributed by atoms with Gasteiger partial charge in [-0.1, -0.05) is 74.5 Å². The van der Waals surface area contributed by atoms with Crippen molar-refractivity contribution >= 4 is 17.7 Å². The molecule has 35 heavy (non-hydrogen) atoms. The molecular weight excluding hydrogens is 438 g/mol. The molecule has 2 aromatic carbocycles. The van der Waals surface area contributed by atoms with E-state index in [9.17, 15) is 14.4 Å². The number of rotatable bonds is 7. The summed E-state index contributed by atoms with van der Waals surface area (Å²) in [6, 6.07) is 18.4. The summed E-state index contributed by atoms with van der Waals surface area (Å²) in [4.78, 5) is 46.2. The first-order valence-corrected chi connectivity index (χ1v) is 12.8. The van der Waals surface area contributed by atoms with E-state index in [1.165, 1.54) is 0 Å². The van der Waals surface area contributed by atoms with Crippen molar-refractivity contribution < 1.29 is 14.4 Å². The minimum absolute atomic E-state index is 0.0279. The maximum atomic E-state index is 14.1. The van der Waals surface area contributed by atoms with Crippen molar-refractivity contribution in [3.05, 3.63) is 71.8 Å². The van der Waals surface area contributed by atoms with Crippen LogP contribution in [0.2, 0.25) is 0 Å². The molecule has 0 N–H and O–H groups in total. The van der Waals surface area contributed by atoms with Crippen molar-refractivity contribution in [2.45, 2.75) is 64.6 Å². The first kappa shape index (κ1) is 25.0. The van der Waals surface area contributed by atoms with Crippen LogP contribution in [0, 0.1) is 5.92 Å². The molecule has 6 heteroatoms. The molecule has 0 aliphatic carbocycles. The zero-order chi connectivity index (χ0) is 24.9. The third-order valence-electron chi connectivity index (χ3n) is 7.31. The molecule has 0 bridgehead atoms. The lowest BCUT2D eigenvalue weighted by Gasteiger charge is -2.47. The van der Waals surface area contributed by atoms with E-state index in [-0.39, 0.29) is 23.8 Å². The summed E-state index contributed by atoms with van der Waals surface area (Å²) in [5.74, 6) is 0.317. The number of hydrogen-bond acceptors (Lipinski definition) is 3. The second-order valence-corrected chi connectivity index (χ2v) is 10.3. The van der Waals surface area contributed by atoms with Crippen LogP contribution in [0.15, 0.2) is 60.7 Å². The van der Waals surface area contributed by atoms with Crippen LogP contribution >= 0.6 is 0 Å². The fourth-order valence-corrected chi connectivity index (χ4v) is 5.35. The minimum Gasteiger partial charge on any atom is -0.341 e. The van der Waals surface area contributed by atoms with Crippen molar-refractivity contribution in [2.24, 2.45) is 5.92 Å². The van der Waals surface area contributed by atoms with Gasteiger partial charge < -0.3 is 14.7 Å². The van der Waals surface area contributed by atoms with Gasteiger partial charge in [-0.3, -0.25) is 14.4 Å². The molecule has 0 saturated carbocycles. The maximum absolute atomic E-state index is 14.1. The molecule has 2 aliphatic heterocycles. The molecule has 0 spiro atoms. The van der Waals surface area contributed by atoms with E-state index < -0.39 is 12.1 Å². The summed E-state index contributed by atoms with van der Waals surface area (Å²) in [5.41, 5.74) is 2.05. The lowest BCUT2D eigenvalue weighted by Crippen LogP contribution is -2.66. The van der Waals surface area contributed by atoms with Crippen LogP contribution in [0.3, 0.4) is 0 Å². The molecule has 0 unspecified atom stereocenters. The van der Waals surface area contributed by atoms with Gasteiger partial charge in [-0.2, -0.15) is 0 Å². The quantitative estimate of drug-likeness (QED) is 0.615. The Bertz CT molecular complexity index is 1020. The number of fused-ring (bicyclic) bond motifs is 1. The fourth-order valence-electron chi connectivity index (χ4n) is 5.35. The Balaban J connectivity index is 1.69. The molecule has 2 saturated heterocycles. The third kappa shape index (κ3) is 5.75. The molecule has 2 fully saturated rings. The average Bonchev–Trinajstić information content (AvgIpc) is 2.97. The largest absolute Gasteiger partial charge is 0.341 e. The summed E-state index contributed by atoms with van der Waals surface area (Å²) in [6.45, 7) is 7.64. The Kier molecular flexibility index (Phi) is 7.89. The maximum Gasteiger partial charge on any atom is 0.246 e. The van der Waals surface area contributed by atoms with Gasteiger partial charge in [0.05, 0.1) is 6.04 Å². The molecule has 3 amide bonds. The molecule has 4 rings (SSSR count). The van der Waals surface area contributed by atoms with Gasteiger partial charge in [0.25, 0.3) is 0 Å². The Morgan fingerprint density at radius 2 is 1.46 bits per heavy atom. The number of benzene rings is 2. The smallest absolute Gasteiger partial charge is 0.246 e. The number of hydrogen-bond donors (Lipinski definition) is 0. The third-order valence-corrected chi connectivity index (χ3v) is 7.31.